The summed E-state index contributed by atoms with van der Waals surface area (Å²) in [6.45, 7) is 2.39. The van der Waals surface area contributed by atoms with Crippen molar-refractivity contribution >= 4 is 36.3 Å². The lowest BCUT2D eigenvalue weighted by Gasteiger charge is -2.44. The highest BCUT2D eigenvalue weighted by molar-refractivity contribution is 5.78. The van der Waals surface area contributed by atoms with E-state index in [2.05, 4.69) is 10.6 Å². The lowest BCUT2D eigenvalue weighted by Crippen LogP contribution is -2.66. The summed E-state index contributed by atoms with van der Waals surface area (Å²) in [6.07, 6.45) is -7.53. The van der Waals surface area contributed by atoms with Crippen LogP contribution in [-0.4, -0.2) is 130 Å². The molecule has 17 nitrogen and oxygen atoms in total. The van der Waals surface area contributed by atoms with E-state index in [-0.39, 0.29) is 6.29 Å². The quantitative estimate of drug-likeness (QED) is 0.134. The number of nitrogens with one attached hydrogen (secondary N) is 2. The van der Waals surface area contributed by atoms with Gasteiger partial charge in [-0.1, -0.05) is 0 Å². The lowest BCUT2D eigenvalue weighted by molar-refractivity contribution is -0.295. The Balaban J connectivity index is 0.000000382. The van der Waals surface area contributed by atoms with E-state index >= 15 is 0 Å². The maximum atomic E-state index is 11.2. The molecule has 2 amide bonds. The van der Waals surface area contributed by atoms with Gasteiger partial charge in [0.2, 0.25) is 11.8 Å². The number of aldehydes is 2. The van der Waals surface area contributed by atoms with E-state index in [1.165, 1.54) is 13.8 Å². The van der Waals surface area contributed by atoms with Crippen LogP contribution >= 0.6 is 0 Å². The third-order valence-corrected chi connectivity index (χ3v) is 5.81. The van der Waals surface area contributed by atoms with Crippen LogP contribution in [0, 0.1) is 0 Å². The van der Waals surface area contributed by atoms with E-state index in [4.69, 9.17) is 29.2 Å². The zero-order valence-corrected chi connectivity index (χ0v) is 20.9. The Morgan fingerprint density at radius 3 is 1.66 bits per heavy atom. The molecule has 17 heteroatoms. The molecule has 0 radical (unpaired) electrons. The van der Waals surface area contributed by atoms with E-state index in [1.54, 1.807) is 0 Å². The predicted octanol–water partition coefficient (Wildman–Crippen LogP) is -4.10. The smallest absolute Gasteiger partial charge is 0.364 e. The van der Waals surface area contributed by atoms with Gasteiger partial charge in [-0.2, -0.15) is 0 Å². The van der Waals surface area contributed by atoms with Gasteiger partial charge >= 0.3 is 11.9 Å². The zero-order chi connectivity index (χ0) is 29.4. The number of aliphatic hydroxyl groups excluding tert-OH is 3. The van der Waals surface area contributed by atoms with Crippen LogP contribution in [0.3, 0.4) is 0 Å². The monoisotopic (exact) mass is 552 g/mol. The van der Waals surface area contributed by atoms with Gasteiger partial charge in [-0.3, -0.25) is 9.59 Å². The fraction of sp³-hybridized carbons (Fsp3) is 0.714. The van der Waals surface area contributed by atoms with Crippen LogP contribution in [0.25, 0.3) is 0 Å². The first kappa shape index (κ1) is 33.0. The largest absolute Gasteiger partial charge is 0.477 e. The van der Waals surface area contributed by atoms with Gasteiger partial charge in [0.05, 0.1) is 24.3 Å². The van der Waals surface area contributed by atoms with Crippen LogP contribution in [0.4, 0.5) is 0 Å². The Kier molecular flexibility index (Phi) is 11.8. The van der Waals surface area contributed by atoms with Crippen molar-refractivity contribution in [1.29, 1.82) is 0 Å². The normalized spacial score (nSPS) is 35.4. The van der Waals surface area contributed by atoms with Crippen LogP contribution in [0.1, 0.15) is 26.7 Å². The molecule has 38 heavy (non-hydrogen) atoms. The Hall–Kier alpha value is -3.06. The van der Waals surface area contributed by atoms with Gasteiger partial charge in [-0.15, -0.1) is 0 Å². The highest BCUT2D eigenvalue weighted by atomic mass is 16.7. The summed E-state index contributed by atoms with van der Waals surface area (Å²) in [4.78, 5) is 65.9. The Bertz CT molecular complexity index is 900. The van der Waals surface area contributed by atoms with Crippen molar-refractivity contribution in [3.05, 3.63) is 0 Å². The van der Waals surface area contributed by atoms with E-state index in [9.17, 15) is 44.1 Å². The minimum atomic E-state index is -2.19. The van der Waals surface area contributed by atoms with E-state index < -0.39 is 90.8 Å². The molecule has 0 saturated carbocycles. The van der Waals surface area contributed by atoms with E-state index in [1.807, 2.05) is 0 Å². The predicted molar refractivity (Wildman–Crippen MR) is 119 cm³/mol. The van der Waals surface area contributed by atoms with Crippen molar-refractivity contribution in [2.45, 2.75) is 80.9 Å². The maximum Gasteiger partial charge on any atom is 0.364 e. The lowest BCUT2D eigenvalue weighted by atomic mass is 9.90. The van der Waals surface area contributed by atoms with Gasteiger partial charge in [0.25, 0.3) is 11.6 Å². The Labute approximate surface area is 216 Å². The molecule has 0 aromatic carbocycles. The fourth-order valence-electron chi connectivity index (χ4n) is 3.94. The van der Waals surface area contributed by atoms with Crippen LogP contribution in [0.2, 0.25) is 0 Å². The molecule has 0 aliphatic carbocycles. The number of carbonyl (C=O) groups is 6. The number of carboxylic acid groups (broad SMARTS) is 2. The molecule has 7 N–H and O–H groups in total. The van der Waals surface area contributed by atoms with Gasteiger partial charge in [0, 0.05) is 40.9 Å². The molecular weight excluding hydrogens is 520 g/mol. The first-order valence-corrected chi connectivity index (χ1v) is 11.0. The van der Waals surface area contributed by atoms with E-state index in [0.717, 1.165) is 14.2 Å². The minimum absolute atomic E-state index is 0.125. The summed E-state index contributed by atoms with van der Waals surface area (Å²) >= 11 is 0. The molecule has 9 atom stereocenters. The van der Waals surface area contributed by atoms with Crippen molar-refractivity contribution in [3.8, 4) is 0 Å². The SMILES string of the molecule is COC1(C(=O)O)CC(O)C(NC(C)=O)C(C(O)C=O)O1.COC1(C(=O)O)CC(O)C(NC(C)=O)C(C=O)O1. The van der Waals surface area contributed by atoms with Crippen LogP contribution in [0.5, 0.6) is 0 Å². The van der Waals surface area contributed by atoms with Crippen LogP contribution in [-0.2, 0) is 47.7 Å². The number of aliphatic carboxylic acids is 2. The summed E-state index contributed by atoms with van der Waals surface area (Å²) in [7, 11) is 2.16. The maximum absolute atomic E-state index is 11.2. The van der Waals surface area contributed by atoms with Crippen molar-refractivity contribution in [1.82, 2.24) is 10.6 Å². The number of amides is 2. The standard InChI is InChI=1S/C11H17NO8.C10H15NO7/c1-5(14)12-8-6(15)3-11(19-2,10(17)18)20-9(8)7(16)4-13;1-5(13)11-8-6(14)3-10(17-2,9(15)16)18-7(8)4-12/h4,6-9,15-16H,3H2,1-2H3,(H,12,14)(H,17,18);4,6-8,14H,3H2,1-2H3,(H,11,13)(H,15,16). The van der Waals surface area contributed by atoms with Gasteiger partial charge in [-0.05, 0) is 0 Å². The number of carbonyl (C=O) groups excluding carboxylic acids is 4. The molecule has 0 bridgehead atoms. The highest BCUT2D eigenvalue weighted by Gasteiger charge is 2.55. The third kappa shape index (κ3) is 7.50. The molecule has 2 saturated heterocycles. The molecule has 0 aromatic rings. The van der Waals surface area contributed by atoms with Crippen LogP contribution < -0.4 is 10.6 Å². The summed E-state index contributed by atoms with van der Waals surface area (Å²) in [6, 6.07) is -2.13. The molecule has 2 fully saturated rings. The third-order valence-electron chi connectivity index (χ3n) is 5.81. The summed E-state index contributed by atoms with van der Waals surface area (Å²) < 4.78 is 19.7. The molecule has 2 aliphatic heterocycles. The number of hydrogen-bond donors (Lipinski definition) is 7. The molecule has 2 heterocycles. The average molecular weight is 552 g/mol. The van der Waals surface area contributed by atoms with Crippen molar-refractivity contribution in [2.24, 2.45) is 0 Å². The number of methoxy groups -OCH3 is 2. The van der Waals surface area contributed by atoms with Crippen molar-refractivity contribution in [3.63, 3.8) is 0 Å². The second kappa shape index (κ2) is 13.7. The summed E-state index contributed by atoms with van der Waals surface area (Å²) in [5, 5.41) is 52.2. The first-order chi connectivity index (χ1) is 17.6. The van der Waals surface area contributed by atoms with Crippen molar-refractivity contribution in [2.75, 3.05) is 14.2 Å². The van der Waals surface area contributed by atoms with Gasteiger partial charge in [0.1, 0.15) is 18.3 Å². The first-order valence-electron chi connectivity index (χ1n) is 11.0. The molecule has 0 spiro atoms. The topological polar surface area (TPSA) is 265 Å². The molecular formula is C21H32N2O15. The average Bonchev–Trinajstić information content (AvgIpc) is 2.85. The zero-order valence-electron chi connectivity index (χ0n) is 20.9. The highest BCUT2D eigenvalue weighted by Crippen LogP contribution is 2.32. The van der Waals surface area contributed by atoms with Gasteiger partial charge < -0.3 is 64.7 Å². The molecule has 0 aromatic heterocycles. The van der Waals surface area contributed by atoms with Crippen LogP contribution in [0.15, 0.2) is 0 Å². The molecule has 2 aliphatic rings. The fourth-order valence-corrected chi connectivity index (χ4v) is 3.94. The Morgan fingerprint density at radius 1 is 0.868 bits per heavy atom. The van der Waals surface area contributed by atoms with Gasteiger partial charge in [-0.25, -0.2) is 9.59 Å². The summed E-state index contributed by atoms with van der Waals surface area (Å²) in [5.41, 5.74) is 0. The number of hydrogen-bond acceptors (Lipinski definition) is 13. The number of rotatable bonds is 9. The summed E-state index contributed by atoms with van der Waals surface area (Å²) in [5.74, 6) is -8.22. The van der Waals surface area contributed by atoms with Gasteiger partial charge in [0.15, 0.2) is 12.6 Å². The molecule has 9 unspecified atom stereocenters. The van der Waals surface area contributed by atoms with E-state index in [0.29, 0.717) is 6.29 Å². The number of carboxylic acids is 2. The second-order valence-corrected chi connectivity index (χ2v) is 8.45. The van der Waals surface area contributed by atoms with Crippen molar-refractivity contribution < 1.29 is 73.2 Å². The number of ether oxygens (including phenoxy) is 4. The second-order valence-electron chi connectivity index (χ2n) is 8.45. The minimum Gasteiger partial charge on any atom is -0.477 e. The molecule has 216 valence electrons. The molecule has 2 rings (SSSR count). The number of aliphatic hydroxyl groups is 3. The Morgan fingerprint density at radius 2 is 1.29 bits per heavy atom.